The minimum atomic E-state index is 0.361. The lowest BCUT2D eigenvalue weighted by Gasteiger charge is -2.08. The summed E-state index contributed by atoms with van der Waals surface area (Å²) in [4.78, 5) is 4.45. The van der Waals surface area contributed by atoms with Gasteiger partial charge in [0.2, 0.25) is 0 Å². The van der Waals surface area contributed by atoms with Gasteiger partial charge in [0.1, 0.15) is 0 Å². The maximum Gasteiger partial charge on any atom is 0.198 e. The number of aliphatic imine (C=N–C) groups is 1. The van der Waals surface area contributed by atoms with E-state index in [1.807, 2.05) is 60.7 Å². The van der Waals surface area contributed by atoms with Gasteiger partial charge in [-0.15, -0.1) is 0 Å². The van der Waals surface area contributed by atoms with Crippen LogP contribution in [-0.2, 0) is 0 Å². The van der Waals surface area contributed by atoms with Crippen LogP contribution in [0.4, 0.5) is 11.4 Å². The van der Waals surface area contributed by atoms with Gasteiger partial charge in [-0.3, -0.25) is 0 Å². The van der Waals surface area contributed by atoms with Crippen LogP contribution in [0, 0.1) is 0 Å². The largest absolute Gasteiger partial charge is 0.369 e. The van der Waals surface area contributed by atoms with Crippen LogP contribution in [-0.4, -0.2) is 5.96 Å². The van der Waals surface area contributed by atoms with Crippen molar-refractivity contribution in [1.82, 2.24) is 0 Å². The Bertz CT molecular complexity index is 1050. The van der Waals surface area contributed by atoms with Gasteiger partial charge in [-0.2, -0.15) is 0 Å². The van der Waals surface area contributed by atoms with Gasteiger partial charge in [0.25, 0.3) is 0 Å². The lowest BCUT2D eigenvalue weighted by atomic mass is 10.1. The first-order chi connectivity index (χ1) is 13.8. The van der Waals surface area contributed by atoms with Gasteiger partial charge in [0.05, 0.1) is 5.69 Å². The molecule has 0 fully saturated rings. The van der Waals surface area contributed by atoms with Crippen molar-refractivity contribution in [2.45, 2.75) is 0 Å². The lowest BCUT2D eigenvalue weighted by Crippen LogP contribution is -2.21. The number of rotatable bonds is 4. The molecule has 4 aromatic rings. The lowest BCUT2D eigenvalue weighted by molar-refractivity contribution is 1.44. The zero-order valence-electron chi connectivity index (χ0n) is 15.4. The van der Waals surface area contributed by atoms with Gasteiger partial charge < -0.3 is 11.1 Å². The molecule has 3 nitrogen and oxygen atoms in total. The zero-order chi connectivity index (χ0) is 19.2. The molecule has 0 aliphatic heterocycles. The number of nitrogens with one attached hydrogen (secondary N) is 1. The van der Waals surface area contributed by atoms with Gasteiger partial charge in [-0.25, -0.2) is 4.99 Å². The second-order valence-electron chi connectivity index (χ2n) is 6.48. The molecule has 4 aromatic carbocycles. The molecule has 0 aliphatic carbocycles. The third-order valence-electron chi connectivity index (χ3n) is 4.49. The van der Waals surface area contributed by atoms with Crippen LogP contribution in [0.5, 0.6) is 0 Å². The molecule has 0 heterocycles. The third-order valence-corrected chi connectivity index (χ3v) is 4.49. The van der Waals surface area contributed by atoms with E-state index in [0.717, 1.165) is 22.5 Å². The second-order valence-corrected chi connectivity index (χ2v) is 6.48. The first-order valence-electron chi connectivity index (χ1n) is 9.20. The van der Waals surface area contributed by atoms with Crippen molar-refractivity contribution in [3.8, 4) is 22.3 Å². The summed E-state index contributed by atoms with van der Waals surface area (Å²) in [6.45, 7) is 0. The molecule has 0 aromatic heterocycles. The fourth-order valence-corrected chi connectivity index (χ4v) is 3.05. The molecule has 0 bridgehead atoms. The van der Waals surface area contributed by atoms with E-state index in [1.165, 1.54) is 11.1 Å². The van der Waals surface area contributed by atoms with Crippen LogP contribution >= 0.6 is 0 Å². The fraction of sp³-hybridized carbons (Fsp3) is 0. The van der Waals surface area contributed by atoms with Crippen molar-refractivity contribution in [3.05, 3.63) is 109 Å². The Balaban J connectivity index is 1.44. The van der Waals surface area contributed by atoms with Crippen molar-refractivity contribution in [2.75, 3.05) is 5.32 Å². The van der Waals surface area contributed by atoms with Crippen molar-refractivity contribution in [2.24, 2.45) is 10.7 Å². The normalized spacial score (nSPS) is 11.2. The van der Waals surface area contributed by atoms with Crippen LogP contribution in [0.1, 0.15) is 0 Å². The Labute approximate surface area is 165 Å². The summed E-state index contributed by atoms with van der Waals surface area (Å²) in [5, 5.41) is 3.14. The summed E-state index contributed by atoms with van der Waals surface area (Å²) in [6, 6.07) is 36.7. The van der Waals surface area contributed by atoms with Gasteiger partial charge in [0, 0.05) is 5.69 Å². The topological polar surface area (TPSA) is 50.4 Å². The van der Waals surface area contributed by atoms with Crippen LogP contribution in [0.3, 0.4) is 0 Å². The van der Waals surface area contributed by atoms with E-state index in [-0.39, 0.29) is 0 Å². The molecule has 0 saturated heterocycles. The predicted octanol–water partition coefficient (Wildman–Crippen LogP) is 6.08. The van der Waals surface area contributed by atoms with Crippen molar-refractivity contribution < 1.29 is 0 Å². The molecular weight excluding hydrogens is 342 g/mol. The number of nitrogens with zero attached hydrogens (tertiary/aromatic N) is 1. The molecule has 4 rings (SSSR count). The van der Waals surface area contributed by atoms with E-state index in [0.29, 0.717) is 5.96 Å². The summed E-state index contributed by atoms with van der Waals surface area (Å²) >= 11 is 0. The standard InChI is InChI=1S/C25H21N3/c26-25(27-23-15-11-21(12-16-23)19-7-3-1-4-8-19)28-24-17-13-22(14-18-24)20-9-5-2-6-10-20/h1-18H,(H3,26,27,28). The molecule has 0 saturated carbocycles. The van der Waals surface area contributed by atoms with Crippen LogP contribution in [0.15, 0.2) is 114 Å². The van der Waals surface area contributed by atoms with Gasteiger partial charge >= 0.3 is 0 Å². The number of nitrogens with two attached hydrogens (primary N) is 1. The molecule has 0 unspecified atom stereocenters. The predicted molar refractivity (Wildman–Crippen MR) is 119 cm³/mol. The van der Waals surface area contributed by atoms with Gasteiger partial charge in [-0.1, -0.05) is 84.9 Å². The maximum atomic E-state index is 6.07. The number of hydrogen-bond acceptors (Lipinski definition) is 1. The highest BCUT2D eigenvalue weighted by Gasteiger charge is 2.00. The second kappa shape index (κ2) is 8.23. The number of anilines is 1. The quantitative estimate of drug-likeness (QED) is 0.341. The van der Waals surface area contributed by atoms with E-state index >= 15 is 0 Å². The molecule has 3 N–H and O–H groups in total. The highest BCUT2D eigenvalue weighted by atomic mass is 15.1. The molecule has 0 aliphatic rings. The SMILES string of the molecule is NC(=Nc1ccc(-c2ccccc2)cc1)Nc1ccc(-c2ccccc2)cc1. The summed E-state index contributed by atoms with van der Waals surface area (Å²) in [6.07, 6.45) is 0. The van der Waals surface area contributed by atoms with E-state index in [1.54, 1.807) is 0 Å². The molecule has 0 radical (unpaired) electrons. The Hall–Kier alpha value is -3.85. The molecular formula is C25H21N3. The summed E-state index contributed by atoms with van der Waals surface area (Å²) in [7, 11) is 0. The van der Waals surface area contributed by atoms with Crippen molar-refractivity contribution in [1.29, 1.82) is 0 Å². The van der Waals surface area contributed by atoms with Crippen LogP contribution in [0.25, 0.3) is 22.3 Å². The molecule has 0 spiro atoms. The number of hydrogen-bond donors (Lipinski definition) is 2. The van der Waals surface area contributed by atoms with Crippen LogP contribution in [0.2, 0.25) is 0 Å². The monoisotopic (exact) mass is 363 g/mol. The molecule has 0 atom stereocenters. The molecule has 3 heteroatoms. The first kappa shape index (κ1) is 17.6. The zero-order valence-corrected chi connectivity index (χ0v) is 15.4. The van der Waals surface area contributed by atoms with Gasteiger partial charge in [0.15, 0.2) is 5.96 Å². The van der Waals surface area contributed by atoms with E-state index in [4.69, 9.17) is 5.73 Å². The Morgan fingerprint density at radius 1 is 0.536 bits per heavy atom. The minimum Gasteiger partial charge on any atom is -0.369 e. The molecule has 0 amide bonds. The molecule has 136 valence electrons. The van der Waals surface area contributed by atoms with E-state index in [9.17, 15) is 0 Å². The average Bonchev–Trinajstić information content (AvgIpc) is 2.76. The minimum absolute atomic E-state index is 0.361. The van der Waals surface area contributed by atoms with E-state index in [2.05, 4.69) is 58.8 Å². The highest BCUT2D eigenvalue weighted by Crippen LogP contribution is 2.23. The average molecular weight is 363 g/mol. The van der Waals surface area contributed by atoms with Gasteiger partial charge in [-0.05, 0) is 46.5 Å². The summed E-state index contributed by atoms with van der Waals surface area (Å²) < 4.78 is 0. The Kier molecular flexibility index (Phi) is 5.16. The third kappa shape index (κ3) is 4.27. The number of guanidine groups is 1. The molecule has 28 heavy (non-hydrogen) atoms. The Morgan fingerprint density at radius 2 is 0.964 bits per heavy atom. The maximum absolute atomic E-state index is 6.07. The summed E-state index contributed by atoms with van der Waals surface area (Å²) in [5.41, 5.74) is 12.5. The fourth-order valence-electron chi connectivity index (χ4n) is 3.05. The Morgan fingerprint density at radius 3 is 1.46 bits per heavy atom. The van der Waals surface area contributed by atoms with Crippen molar-refractivity contribution in [3.63, 3.8) is 0 Å². The van der Waals surface area contributed by atoms with Crippen molar-refractivity contribution >= 4 is 17.3 Å². The smallest absolute Gasteiger partial charge is 0.198 e. The van der Waals surface area contributed by atoms with Crippen LogP contribution < -0.4 is 11.1 Å². The highest BCUT2D eigenvalue weighted by molar-refractivity contribution is 5.94. The summed E-state index contributed by atoms with van der Waals surface area (Å²) in [5.74, 6) is 0.361. The number of benzene rings is 4. The van der Waals surface area contributed by atoms with E-state index < -0.39 is 0 Å². The first-order valence-corrected chi connectivity index (χ1v) is 9.20.